The number of sulfonamides is 1. The van der Waals surface area contributed by atoms with Crippen molar-refractivity contribution in [1.82, 2.24) is 9.62 Å². The van der Waals surface area contributed by atoms with Gasteiger partial charge < -0.3 is 10.1 Å². The maximum Gasteiger partial charge on any atom is 0.338 e. The molecule has 0 saturated carbocycles. The van der Waals surface area contributed by atoms with Crippen molar-refractivity contribution in [2.24, 2.45) is 5.92 Å². The van der Waals surface area contributed by atoms with Gasteiger partial charge in [0.25, 0.3) is 0 Å². The van der Waals surface area contributed by atoms with Crippen LogP contribution in [0.15, 0.2) is 24.3 Å². The summed E-state index contributed by atoms with van der Waals surface area (Å²) in [4.78, 5) is 11.7. The Morgan fingerprint density at radius 2 is 2.14 bits per heavy atom. The number of nitrogens with one attached hydrogen (secondary N) is 1. The standard InChI is InChI=1S/C15H22N2O4S/c1-16-9-12-7-8-17(10-12)22(19,20)11-13-5-3-4-6-14(13)15(18)21-2/h3-6,12,16H,7-11H2,1-2H3. The molecule has 0 spiro atoms. The molecule has 1 aliphatic rings. The fourth-order valence-electron chi connectivity index (χ4n) is 2.75. The average molecular weight is 326 g/mol. The molecular weight excluding hydrogens is 304 g/mol. The lowest BCUT2D eigenvalue weighted by Crippen LogP contribution is -2.31. The summed E-state index contributed by atoms with van der Waals surface area (Å²) in [5.74, 6) is -0.347. The second kappa shape index (κ2) is 7.21. The van der Waals surface area contributed by atoms with Crippen molar-refractivity contribution < 1.29 is 17.9 Å². The molecule has 2 rings (SSSR count). The van der Waals surface area contributed by atoms with Gasteiger partial charge in [-0.15, -0.1) is 0 Å². The Morgan fingerprint density at radius 3 is 2.82 bits per heavy atom. The number of ether oxygens (including phenoxy) is 1. The molecule has 1 unspecified atom stereocenters. The van der Waals surface area contributed by atoms with Gasteiger partial charge in [0, 0.05) is 13.1 Å². The van der Waals surface area contributed by atoms with Crippen molar-refractivity contribution in [3.8, 4) is 0 Å². The van der Waals surface area contributed by atoms with Gasteiger partial charge in [0.1, 0.15) is 0 Å². The van der Waals surface area contributed by atoms with Gasteiger partial charge in [-0.3, -0.25) is 0 Å². The summed E-state index contributed by atoms with van der Waals surface area (Å²) < 4.78 is 31.4. The van der Waals surface area contributed by atoms with Crippen molar-refractivity contribution >= 4 is 16.0 Å². The molecule has 22 heavy (non-hydrogen) atoms. The Hall–Kier alpha value is -1.44. The molecule has 7 heteroatoms. The van der Waals surface area contributed by atoms with E-state index in [1.54, 1.807) is 24.3 Å². The van der Waals surface area contributed by atoms with Crippen molar-refractivity contribution in [3.63, 3.8) is 0 Å². The predicted molar refractivity (Wildman–Crippen MR) is 84.0 cm³/mol. The van der Waals surface area contributed by atoms with Crippen molar-refractivity contribution in [3.05, 3.63) is 35.4 Å². The lowest BCUT2D eigenvalue weighted by molar-refractivity contribution is 0.0600. The van der Waals surface area contributed by atoms with E-state index in [9.17, 15) is 13.2 Å². The molecular formula is C15H22N2O4S. The monoisotopic (exact) mass is 326 g/mol. The highest BCUT2D eigenvalue weighted by molar-refractivity contribution is 7.88. The summed E-state index contributed by atoms with van der Waals surface area (Å²) >= 11 is 0. The minimum absolute atomic E-state index is 0.176. The van der Waals surface area contributed by atoms with Crippen LogP contribution in [0.3, 0.4) is 0 Å². The third-order valence-electron chi connectivity index (χ3n) is 3.90. The van der Waals surface area contributed by atoms with E-state index in [0.717, 1.165) is 13.0 Å². The number of nitrogens with zero attached hydrogens (tertiary/aromatic N) is 1. The zero-order valence-corrected chi connectivity index (χ0v) is 13.7. The largest absolute Gasteiger partial charge is 0.465 e. The normalized spacial score (nSPS) is 19.3. The number of rotatable bonds is 6. The van der Waals surface area contributed by atoms with Gasteiger partial charge >= 0.3 is 5.97 Å². The van der Waals surface area contributed by atoms with E-state index < -0.39 is 16.0 Å². The molecule has 1 aromatic carbocycles. The summed E-state index contributed by atoms with van der Waals surface area (Å²) in [6, 6.07) is 6.67. The van der Waals surface area contributed by atoms with Crippen LogP contribution >= 0.6 is 0 Å². The highest BCUT2D eigenvalue weighted by Gasteiger charge is 2.31. The Morgan fingerprint density at radius 1 is 1.41 bits per heavy atom. The quantitative estimate of drug-likeness (QED) is 0.784. The van der Waals surface area contributed by atoms with Crippen LogP contribution in [0.4, 0.5) is 0 Å². The average Bonchev–Trinajstić information content (AvgIpc) is 2.97. The predicted octanol–water partition coefficient (Wildman–Crippen LogP) is 0.844. The van der Waals surface area contributed by atoms with Crippen LogP contribution in [0, 0.1) is 5.92 Å². The summed E-state index contributed by atoms with van der Waals surface area (Å²) in [5.41, 5.74) is 0.783. The summed E-state index contributed by atoms with van der Waals surface area (Å²) in [6.45, 7) is 1.88. The van der Waals surface area contributed by atoms with E-state index in [2.05, 4.69) is 5.32 Å². The van der Waals surface area contributed by atoms with Crippen LogP contribution in [0.1, 0.15) is 22.3 Å². The topological polar surface area (TPSA) is 75.7 Å². The first-order chi connectivity index (χ1) is 10.5. The zero-order chi connectivity index (χ0) is 16.2. The third-order valence-corrected chi connectivity index (χ3v) is 5.69. The lowest BCUT2D eigenvalue weighted by atomic mass is 10.1. The van der Waals surface area contributed by atoms with Crippen LogP contribution in [-0.4, -0.2) is 52.5 Å². The maximum absolute atomic E-state index is 12.6. The molecule has 1 atom stereocenters. The summed E-state index contributed by atoms with van der Waals surface area (Å²) in [6.07, 6.45) is 0.860. The van der Waals surface area contributed by atoms with E-state index in [1.807, 2.05) is 7.05 Å². The molecule has 0 bridgehead atoms. The second-order valence-corrected chi connectivity index (χ2v) is 7.44. The first-order valence-corrected chi connectivity index (χ1v) is 8.87. The Balaban J connectivity index is 2.15. The fourth-order valence-corrected chi connectivity index (χ4v) is 4.40. The van der Waals surface area contributed by atoms with Crippen molar-refractivity contribution in [2.75, 3.05) is 33.8 Å². The van der Waals surface area contributed by atoms with Gasteiger partial charge in [-0.1, -0.05) is 18.2 Å². The number of benzene rings is 1. The van der Waals surface area contributed by atoms with E-state index in [1.165, 1.54) is 11.4 Å². The third kappa shape index (κ3) is 3.85. The number of methoxy groups -OCH3 is 1. The van der Waals surface area contributed by atoms with Gasteiger partial charge in [-0.05, 0) is 37.6 Å². The summed E-state index contributed by atoms with van der Waals surface area (Å²) in [5, 5.41) is 3.08. The first kappa shape index (κ1) is 16.9. The molecule has 1 fully saturated rings. The number of hydrogen-bond donors (Lipinski definition) is 1. The van der Waals surface area contributed by atoms with E-state index in [-0.39, 0.29) is 5.75 Å². The van der Waals surface area contributed by atoms with Crippen LogP contribution < -0.4 is 5.32 Å². The molecule has 0 radical (unpaired) electrons. The Bertz CT molecular complexity index is 630. The minimum Gasteiger partial charge on any atom is -0.465 e. The van der Waals surface area contributed by atoms with Crippen LogP contribution in [0.5, 0.6) is 0 Å². The number of hydrogen-bond acceptors (Lipinski definition) is 5. The first-order valence-electron chi connectivity index (χ1n) is 7.26. The lowest BCUT2D eigenvalue weighted by Gasteiger charge is -2.17. The van der Waals surface area contributed by atoms with Gasteiger partial charge in [-0.2, -0.15) is 0 Å². The second-order valence-electron chi connectivity index (χ2n) is 5.48. The molecule has 1 heterocycles. The molecule has 1 aliphatic heterocycles. The summed E-state index contributed by atoms with van der Waals surface area (Å²) in [7, 11) is -0.278. The van der Waals surface area contributed by atoms with Crippen LogP contribution in [0.2, 0.25) is 0 Å². The van der Waals surface area contributed by atoms with Gasteiger partial charge in [0.2, 0.25) is 10.0 Å². The van der Waals surface area contributed by atoms with Crippen LogP contribution in [0.25, 0.3) is 0 Å². The highest BCUT2D eigenvalue weighted by Crippen LogP contribution is 2.22. The van der Waals surface area contributed by atoms with Gasteiger partial charge in [-0.25, -0.2) is 17.5 Å². The highest BCUT2D eigenvalue weighted by atomic mass is 32.2. The molecule has 0 aliphatic carbocycles. The Kier molecular flexibility index (Phi) is 5.55. The SMILES string of the molecule is CNCC1CCN(S(=O)(=O)Cc2ccccc2C(=O)OC)C1. The Labute approximate surface area is 131 Å². The van der Waals surface area contributed by atoms with E-state index >= 15 is 0 Å². The smallest absolute Gasteiger partial charge is 0.338 e. The number of esters is 1. The molecule has 0 amide bonds. The van der Waals surface area contributed by atoms with Gasteiger partial charge in [0.15, 0.2) is 0 Å². The number of carbonyl (C=O) groups excluding carboxylic acids is 1. The maximum atomic E-state index is 12.6. The van der Waals surface area contributed by atoms with E-state index in [0.29, 0.717) is 30.1 Å². The molecule has 1 aromatic rings. The minimum atomic E-state index is -3.43. The molecule has 122 valence electrons. The van der Waals surface area contributed by atoms with Crippen LogP contribution in [-0.2, 0) is 20.5 Å². The van der Waals surface area contributed by atoms with Gasteiger partial charge in [0.05, 0.1) is 18.4 Å². The van der Waals surface area contributed by atoms with Crippen molar-refractivity contribution in [1.29, 1.82) is 0 Å². The fraction of sp³-hybridized carbons (Fsp3) is 0.533. The zero-order valence-electron chi connectivity index (χ0n) is 12.9. The van der Waals surface area contributed by atoms with E-state index in [4.69, 9.17) is 4.74 Å². The molecule has 0 aromatic heterocycles. The molecule has 6 nitrogen and oxygen atoms in total. The number of carbonyl (C=O) groups is 1. The molecule has 1 saturated heterocycles. The van der Waals surface area contributed by atoms with Crippen molar-refractivity contribution in [2.45, 2.75) is 12.2 Å². The molecule has 1 N–H and O–H groups in total.